The zero-order valence-corrected chi connectivity index (χ0v) is 10.9. The Morgan fingerprint density at radius 2 is 1.81 bits per heavy atom. The van der Waals surface area contributed by atoms with E-state index in [1.165, 1.54) is 53.2 Å². The number of H-pyrrole nitrogens is 1. The molecule has 1 aromatic heterocycles. The summed E-state index contributed by atoms with van der Waals surface area (Å²) in [6.07, 6.45) is 6.88. The summed E-state index contributed by atoms with van der Waals surface area (Å²) in [7, 11) is 0. The molecule has 1 aliphatic rings. The first kappa shape index (κ1) is 10.4. The highest BCUT2D eigenvalue weighted by molar-refractivity contribution is 9.10. The highest BCUT2D eigenvalue weighted by Gasteiger charge is 2.21. The molecule has 16 heavy (non-hydrogen) atoms. The summed E-state index contributed by atoms with van der Waals surface area (Å²) in [5.74, 6) is 0.749. The van der Waals surface area contributed by atoms with Crippen molar-refractivity contribution in [3.8, 4) is 0 Å². The topological polar surface area (TPSA) is 15.8 Å². The van der Waals surface area contributed by atoms with Gasteiger partial charge in [-0.25, -0.2) is 0 Å². The first-order chi connectivity index (χ1) is 7.86. The first-order valence-corrected chi connectivity index (χ1v) is 6.91. The first-order valence-electron chi connectivity index (χ1n) is 6.12. The number of aromatic amines is 1. The zero-order chi connectivity index (χ0) is 11.0. The molecular weight excluding hydrogens is 262 g/mol. The van der Waals surface area contributed by atoms with Gasteiger partial charge in [0.1, 0.15) is 0 Å². The van der Waals surface area contributed by atoms with Crippen LogP contribution in [0, 0.1) is 0 Å². The van der Waals surface area contributed by atoms with E-state index in [0.29, 0.717) is 0 Å². The second-order valence-corrected chi connectivity index (χ2v) is 5.53. The summed E-state index contributed by atoms with van der Waals surface area (Å²) in [5, 5.41) is 1.40. The van der Waals surface area contributed by atoms with Gasteiger partial charge in [-0.1, -0.05) is 37.5 Å². The lowest BCUT2D eigenvalue weighted by Gasteiger charge is -2.21. The van der Waals surface area contributed by atoms with Gasteiger partial charge in [0.25, 0.3) is 0 Å². The fourth-order valence-corrected chi connectivity index (χ4v) is 3.67. The van der Waals surface area contributed by atoms with Crippen LogP contribution in [0.3, 0.4) is 0 Å². The Morgan fingerprint density at radius 1 is 1.06 bits per heavy atom. The lowest BCUT2D eigenvalue weighted by atomic mass is 9.84. The Hall–Kier alpha value is -0.760. The molecule has 2 aromatic rings. The molecule has 1 saturated carbocycles. The standard InChI is InChI=1S/C14H16BrN/c15-14-13(10-6-2-1-3-7-10)11-8-4-5-9-12(11)16-14/h4-5,8-10,16H,1-3,6-7H2. The number of rotatable bonds is 1. The molecule has 0 atom stereocenters. The Kier molecular flexibility index (Phi) is 2.76. The number of halogens is 1. The Labute approximate surface area is 104 Å². The number of nitrogens with one attached hydrogen (secondary N) is 1. The van der Waals surface area contributed by atoms with E-state index < -0.39 is 0 Å². The number of hydrogen-bond donors (Lipinski definition) is 1. The maximum absolute atomic E-state index is 3.69. The number of hydrogen-bond acceptors (Lipinski definition) is 0. The highest BCUT2D eigenvalue weighted by Crippen LogP contribution is 2.40. The van der Waals surface area contributed by atoms with Gasteiger partial charge in [0.05, 0.1) is 4.60 Å². The summed E-state index contributed by atoms with van der Waals surface area (Å²) in [5.41, 5.74) is 2.77. The van der Waals surface area contributed by atoms with Crippen molar-refractivity contribution in [2.24, 2.45) is 0 Å². The normalized spacial score (nSPS) is 18.1. The molecule has 0 saturated heterocycles. The van der Waals surface area contributed by atoms with E-state index in [9.17, 15) is 0 Å². The quantitative estimate of drug-likeness (QED) is 0.757. The van der Waals surface area contributed by atoms with E-state index >= 15 is 0 Å². The fourth-order valence-electron chi connectivity index (χ4n) is 2.92. The zero-order valence-electron chi connectivity index (χ0n) is 9.30. The van der Waals surface area contributed by atoms with Crippen LogP contribution in [0.15, 0.2) is 28.9 Å². The van der Waals surface area contributed by atoms with Crippen molar-refractivity contribution in [3.63, 3.8) is 0 Å². The second-order valence-electron chi connectivity index (χ2n) is 4.73. The van der Waals surface area contributed by atoms with Crippen molar-refractivity contribution in [1.82, 2.24) is 4.98 Å². The van der Waals surface area contributed by atoms with Gasteiger partial charge in [0.15, 0.2) is 0 Å². The maximum Gasteiger partial charge on any atom is 0.0866 e. The van der Waals surface area contributed by atoms with Crippen LogP contribution in [0.4, 0.5) is 0 Å². The predicted molar refractivity (Wildman–Crippen MR) is 71.8 cm³/mol. The number of benzene rings is 1. The smallest absolute Gasteiger partial charge is 0.0866 e. The minimum atomic E-state index is 0.749. The van der Waals surface area contributed by atoms with Gasteiger partial charge in [-0.05, 0) is 46.3 Å². The van der Waals surface area contributed by atoms with Crippen molar-refractivity contribution >= 4 is 26.8 Å². The lowest BCUT2D eigenvalue weighted by Crippen LogP contribution is -2.04. The molecule has 1 aliphatic carbocycles. The van der Waals surface area contributed by atoms with Gasteiger partial charge in [-0.3, -0.25) is 0 Å². The molecule has 84 valence electrons. The number of aromatic nitrogens is 1. The minimum Gasteiger partial charge on any atom is -0.349 e. The van der Waals surface area contributed by atoms with Crippen molar-refractivity contribution in [1.29, 1.82) is 0 Å². The average Bonchev–Trinajstić information content (AvgIpc) is 2.66. The van der Waals surface area contributed by atoms with Crippen LogP contribution in [0.2, 0.25) is 0 Å². The van der Waals surface area contributed by atoms with Crippen LogP contribution in [-0.2, 0) is 0 Å². The predicted octanol–water partition coefficient (Wildman–Crippen LogP) is 4.98. The van der Waals surface area contributed by atoms with Gasteiger partial charge in [-0.2, -0.15) is 0 Å². The molecule has 3 rings (SSSR count). The van der Waals surface area contributed by atoms with Crippen LogP contribution in [0.5, 0.6) is 0 Å². The molecule has 1 heterocycles. The van der Waals surface area contributed by atoms with E-state index in [-0.39, 0.29) is 0 Å². The molecule has 1 nitrogen and oxygen atoms in total. The largest absolute Gasteiger partial charge is 0.349 e. The fraction of sp³-hybridized carbons (Fsp3) is 0.429. The van der Waals surface area contributed by atoms with Gasteiger partial charge in [0, 0.05) is 10.9 Å². The Morgan fingerprint density at radius 3 is 2.62 bits per heavy atom. The van der Waals surface area contributed by atoms with E-state index in [1.54, 1.807) is 0 Å². The molecule has 2 heteroatoms. The number of para-hydroxylation sites is 1. The van der Waals surface area contributed by atoms with Crippen LogP contribution >= 0.6 is 15.9 Å². The highest BCUT2D eigenvalue weighted by atomic mass is 79.9. The molecule has 0 spiro atoms. The summed E-state index contributed by atoms with van der Waals surface area (Å²) in [6.45, 7) is 0. The maximum atomic E-state index is 3.69. The Bertz CT molecular complexity index is 494. The van der Waals surface area contributed by atoms with Crippen LogP contribution < -0.4 is 0 Å². The van der Waals surface area contributed by atoms with Gasteiger partial charge in [-0.15, -0.1) is 0 Å². The van der Waals surface area contributed by atoms with Crippen LogP contribution in [-0.4, -0.2) is 4.98 Å². The SMILES string of the molecule is Brc1[nH]c2ccccc2c1C1CCCCC1. The van der Waals surface area contributed by atoms with Crippen LogP contribution in [0.1, 0.15) is 43.6 Å². The summed E-state index contributed by atoms with van der Waals surface area (Å²) in [6, 6.07) is 8.62. The van der Waals surface area contributed by atoms with E-state index in [4.69, 9.17) is 0 Å². The third-order valence-electron chi connectivity index (χ3n) is 3.71. The molecule has 1 aromatic carbocycles. The molecule has 0 aliphatic heterocycles. The molecule has 0 bridgehead atoms. The van der Waals surface area contributed by atoms with Crippen molar-refractivity contribution in [2.75, 3.05) is 0 Å². The third-order valence-corrected chi connectivity index (χ3v) is 4.34. The van der Waals surface area contributed by atoms with Gasteiger partial charge in [0.2, 0.25) is 0 Å². The number of fused-ring (bicyclic) bond motifs is 1. The van der Waals surface area contributed by atoms with Crippen molar-refractivity contribution < 1.29 is 0 Å². The van der Waals surface area contributed by atoms with Crippen LogP contribution in [0.25, 0.3) is 10.9 Å². The second kappa shape index (κ2) is 4.25. The molecule has 1 fully saturated rings. The van der Waals surface area contributed by atoms with E-state index in [2.05, 4.69) is 45.2 Å². The monoisotopic (exact) mass is 277 g/mol. The Balaban J connectivity index is 2.10. The molecular formula is C14H16BrN. The third kappa shape index (κ3) is 1.69. The summed E-state index contributed by atoms with van der Waals surface area (Å²) < 4.78 is 1.20. The molecule has 1 N–H and O–H groups in total. The van der Waals surface area contributed by atoms with Gasteiger partial charge < -0.3 is 4.98 Å². The summed E-state index contributed by atoms with van der Waals surface area (Å²) in [4.78, 5) is 3.44. The van der Waals surface area contributed by atoms with E-state index in [0.717, 1.165) is 5.92 Å². The molecule has 0 amide bonds. The van der Waals surface area contributed by atoms with Crippen molar-refractivity contribution in [2.45, 2.75) is 38.0 Å². The van der Waals surface area contributed by atoms with Gasteiger partial charge >= 0.3 is 0 Å². The van der Waals surface area contributed by atoms with Crippen molar-refractivity contribution in [3.05, 3.63) is 34.4 Å². The molecule has 0 unspecified atom stereocenters. The summed E-state index contributed by atoms with van der Waals surface area (Å²) >= 11 is 3.69. The average molecular weight is 278 g/mol. The lowest BCUT2D eigenvalue weighted by molar-refractivity contribution is 0.444. The minimum absolute atomic E-state index is 0.749. The van der Waals surface area contributed by atoms with E-state index in [1.807, 2.05) is 0 Å². The molecule has 0 radical (unpaired) electrons.